The maximum Gasteiger partial charge on any atom is 0.134 e. The second-order valence-corrected chi connectivity index (χ2v) is 4.11. The number of nitrogens with zero attached hydrogens (tertiary/aromatic N) is 3. The van der Waals surface area contributed by atoms with Crippen LogP contribution in [0.2, 0.25) is 0 Å². The van der Waals surface area contributed by atoms with Crippen molar-refractivity contribution >= 4 is 0 Å². The predicted octanol–water partition coefficient (Wildman–Crippen LogP) is 2.26. The summed E-state index contributed by atoms with van der Waals surface area (Å²) in [6.45, 7) is 4.72. The van der Waals surface area contributed by atoms with Crippen molar-refractivity contribution in [1.82, 2.24) is 15.0 Å². The van der Waals surface area contributed by atoms with Crippen LogP contribution in [0.5, 0.6) is 5.75 Å². The van der Waals surface area contributed by atoms with E-state index < -0.39 is 0 Å². The lowest BCUT2D eigenvalue weighted by atomic mass is 10.1. The number of hydrogen-bond donors (Lipinski definition) is 0. The van der Waals surface area contributed by atoms with E-state index in [1.54, 1.807) is 4.68 Å². The van der Waals surface area contributed by atoms with Gasteiger partial charge in [0.05, 0.1) is 6.20 Å². The van der Waals surface area contributed by atoms with E-state index in [0.29, 0.717) is 6.61 Å². The lowest BCUT2D eigenvalue weighted by Crippen LogP contribution is -1.97. The number of rotatable bonds is 4. The van der Waals surface area contributed by atoms with E-state index in [-0.39, 0.29) is 0 Å². The molecule has 0 fully saturated rings. The van der Waals surface area contributed by atoms with E-state index in [9.17, 15) is 0 Å². The molecule has 0 atom stereocenters. The van der Waals surface area contributed by atoms with Crippen LogP contribution in [-0.2, 0) is 20.1 Å². The Kier molecular flexibility index (Phi) is 3.42. The molecule has 1 aromatic carbocycles. The zero-order valence-corrected chi connectivity index (χ0v) is 10.5. The Morgan fingerprint density at radius 1 is 1.35 bits per heavy atom. The summed E-state index contributed by atoms with van der Waals surface area (Å²) in [4.78, 5) is 0. The lowest BCUT2D eigenvalue weighted by Gasteiger charge is -2.08. The zero-order valence-electron chi connectivity index (χ0n) is 10.5. The molecule has 0 radical (unpaired) electrons. The molecule has 0 bridgehead atoms. The van der Waals surface area contributed by atoms with Gasteiger partial charge in [0, 0.05) is 7.05 Å². The Morgan fingerprint density at radius 2 is 2.18 bits per heavy atom. The lowest BCUT2D eigenvalue weighted by molar-refractivity contribution is 0.301. The molecular weight excluding hydrogens is 214 g/mol. The minimum absolute atomic E-state index is 0.458. The second kappa shape index (κ2) is 4.99. The number of aryl methyl sites for hydroxylation is 3. The first-order valence-corrected chi connectivity index (χ1v) is 5.76. The summed E-state index contributed by atoms with van der Waals surface area (Å²) >= 11 is 0. The van der Waals surface area contributed by atoms with Crippen molar-refractivity contribution < 1.29 is 4.74 Å². The fraction of sp³-hybridized carbons (Fsp3) is 0.385. The third kappa shape index (κ3) is 2.84. The summed E-state index contributed by atoms with van der Waals surface area (Å²) in [5.41, 5.74) is 3.46. The van der Waals surface area contributed by atoms with Gasteiger partial charge in [-0.05, 0) is 36.6 Å². The van der Waals surface area contributed by atoms with Gasteiger partial charge in [0.25, 0.3) is 0 Å². The van der Waals surface area contributed by atoms with Crippen molar-refractivity contribution in [3.8, 4) is 5.75 Å². The maximum atomic E-state index is 5.69. The summed E-state index contributed by atoms with van der Waals surface area (Å²) < 4.78 is 7.36. The molecule has 0 aliphatic carbocycles. The van der Waals surface area contributed by atoms with Crippen LogP contribution in [0.1, 0.15) is 23.7 Å². The number of ether oxygens (including phenoxy) is 1. The fourth-order valence-electron chi connectivity index (χ4n) is 1.74. The highest BCUT2D eigenvalue weighted by Crippen LogP contribution is 2.18. The third-order valence-electron chi connectivity index (χ3n) is 2.74. The van der Waals surface area contributed by atoms with Crippen molar-refractivity contribution in [3.05, 3.63) is 41.2 Å². The first kappa shape index (κ1) is 11.6. The van der Waals surface area contributed by atoms with Gasteiger partial charge in [-0.3, -0.25) is 4.68 Å². The van der Waals surface area contributed by atoms with Crippen LogP contribution in [0.25, 0.3) is 0 Å². The molecule has 0 saturated carbocycles. The van der Waals surface area contributed by atoms with Crippen LogP contribution >= 0.6 is 0 Å². The number of hydrogen-bond acceptors (Lipinski definition) is 3. The molecule has 0 aliphatic heterocycles. The van der Waals surface area contributed by atoms with Gasteiger partial charge in [0.1, 0.15) is 18.1 Å². The van der Waals surface area contributed by atoms with E-state index in [4.69, 9.17) is 4.74 Å². The van der Waals surface area contributed by atoms with E-state index in [0.717, 1.165) is 17.9 Å². The van der Waals surface area contributed by atoms with Gasteiger partial charge in [-0.2, -0.15) is 0 Å². The van der Waals surface area contributed by atoms with Crippen LogP contribution in [-0.4, -0.2) is 15.0 Å². The van der Waals surface area contributed by atoms with Crippen molar-refractivity contribution in [2.24, 2.45) is 7.05 Å². The van der Waals surface area contributed by atoms with Crippen molar-refractivity contribution in [2.45, 2.75) is 26.9 Å². The van der Waals surface area contributed by atoms with Crippen molar-refractivity contribution in [1.29, 1.82) is 0 Å². The highest BCUT2D eigenvalue weighted by molar-refractivity contribution is 5.34. The molecular formula is C13H17N3O. The minimum atomic E-state index is 0.458. The molecule has 1 aromatic heterocycles. The summed E-state index contributed by atoms with van der Waals surface area (Å²) in [6.07, 6.45) is 2.88. The van der Waals surface area contributed by atoms with Gasteiger partial charge < -0.3 is 4.74 Å². The molecule has 0 amide bonds. The smallest absolute Gasteiger partial charge is 0.134 e. The first-order valence-electron chi connectivity index (χ1n) is 5.76. The molecule has 0 spiro atoms. The van der Waals surface area contributed by atoms with Crippen LogP contribution in [0.3, 0.4) is 0 Å². The Balaban J connectivity index is 2.04. The average molecular weight is 231 g/mol. The second-order valence-electron chi connectivity index (χ2n) is 4.11. The molecule has 90 valence electrons. The van der Waals surface area contributed by atoms with Gasteiger partial charge in [0.15, 0.2) is 0 Å². The number of benzene rings is 1. The molecule has 4 nitrogen and oxygen atoms in total. The summed E-state index contributed by atoms with van der Waals surface area (Å²) in [5.74, 6) is 0.887. The topological polar surface area (TPSA) is 39.9 Å². The molecule has 4 heteroatoms. The minimum Gasteiger partial charge on any atom is -0.487 e. The Hall–Kier alpha value is -1.84. The van der Waals surface area contributed by atoms with Crippen molar-refractivity contribution in [3.63, 3.8) is 0 Å². The van der Waals surface area contributed by atoms with Gasteiger partial charge >= 0.3 is 0 Å². The quantitative estimate of drug-likeness (QED) is 0.810. The molecule has 1 heterocycles. The zero-order chi connectivity index (χ0) is 12.3. The van der Waals surface area contributed by atoms with Crippen LogP contribution in [0.15, 0.2) is 24.4 Å². The Bertz CT molecular complexity index is 505. The third-order valence-corrected chi connectivity index (χ3v) is 2.74. The highest BCUT2D eigenvalue weighted by Gasteiger charge is 2.02. The monoisotopic (exact) mass is 231 g/mol. The Labute approximate surface area is 101 Å². The summed E-state index contributed by atoms with van der Waals surface area (Å²) in [7, 11) is 1.84. The largest absolute Gasteiger partial charge is 0.487 e. The molecule has 0 N–H and O–H groups in total. The normalized spacial score (nSPS) is 10.5. The van der Waals surface area contributed by atoms with Gasteiger partial charge in [-0.25, -0.2) is 0 Å². The average Bonchev–Trinajstić information content (AvgIpc) is 2.74. The Morgan fingerprint density at radius 3 is 2.82 bits per heavy atom. The molecule has 0 saturated heterocycles. The van der Waals surface area contributed by atoms with E-state index in [1.807, 2.05) is 19.3 Å². The van der Waals surface area contributed by atoms with Gasteiger partial charge in [0.2, 0.25) is 0 Å². The summed E-state index contributed by atoms with van der Waals surface area (Å²) in [6, 6.07) is 6.17. The van der Waals surface area contributed by atoms with Crippen LogP contribution < -0.4 is 4.74 Å². The SMILES string of the molecule is CCc1cc(OCc2cn(C)nn2)ccc1C. The molecule has 2 aromatic rings. The standard InChI is InChI=1S/C13H17N3O/c1-4-11-7-13(6-5-10(11)2)17-9-12-8-16(3)15-14-12/h5-8H,4,9H2,1-3H3. The van der Waals surface area contributed by atoms with E-state index >= 15 is 0 Å². The van der Waals surface area contributed by atoms with Crippen LogP contribution in [0.4, 0.5) is 0 Å². The van der Waals surface area contributed by atoms with E-state index in [1.165, 1.54) is 11.1 Å². The molecule has 2 rings (SSSR count). The van der Waals surface area contributed by atoms with Crippen molar-refractivity contribution in [2.75, 3.05) is 0 Å². The fourth-order valence-corrected chi connectivity index (χ4v) is 1.74. The molecule has 0 unspecified atom stereocenters. The first-order chi connectivity index (χ1) is 8.19. The van der Waals surface area contributed by atoms with Gasteiger partial charge in [-0.1, -0.05) is 18.2 Å². The van der Waals surface area contributed by atoms with E-state index in [2.05, 4.69) is 36.3 Å². The van der Waals surface area contributed by atoms with Crippen LogP contribution in [0, 0.1) is 6.92 Å². The highest BCUT2D eigenvalue weighted by atomic mass is 16.5. The number of aromatic nitrogens is 3. The predicted molar refractivity (Wildman–Crippen MR) is 65.9 cm³/mol. The van der Waals surface area contributed by atoms with Gasteiger partial charge in [-0.15, -0.1) is 5.10 Å². The molecule has 0 aliphatic rings. The molecule has 17 heavy (non-hydrogen) atoms. The maximum absolute atomic E-state index is 5.69. The summed E-state index contributed by atoms with van der Waals surface area (Å²) in [5, 5.41) is 7.84.